The van der Waals surface area contributed by atoms with Crippen molar-refractivity contribution in [1.82, 2.24) is 10.3 Å². The van der Waals surface area contributed by atoms with Crippen LogP contribution in [0.4, 0.5) is 0 Å². The van der Waals surface area contributed by atoms with Crippen molar-refractivity contribution in [3.05, 3.63) is 15.6 Å². The van der Waals surface area contributed by atoms with E-state index < -0.39 is 0 Å². The van der Waals surface area contributed by atoms with E-state index in [1.165, 1.54) is 9.88 Å². The van der Waals surface area contributed by atoms with Crippen LogP contribution < -0.4 is 5.32 Å². The van der Waals surface area contributed by atoms with Gasteiger partial charge in [0, 0.05) is 6.54 Å². The highest BCUT2D eigenvalue weighted by Gasteiger charge is 2.46. The first kappa shape index (κ1) is 13.0. The largest absolute Gasteiger partial charge is 0.358 e. The van der Waals surface area contributed by atoms with Gasteiger partial charge < -0.3 is 10.1 Å². The molecule has 2 rings (SSSR count). The van der Waals surface area contributed by atoms with E-state index in [0.29, 0.717) is 0 Å². The molecule has 0 aromatic carbocycles. The highest BCUT2D eigenvalue weighted by Crippen LogP contribution is 2.48. The van der Waals surface area contributed by atoms with Gasteiger partial charge in [-0.25, -0.2) is 4.98 Å². The number of rotatable bonds is 4. The molecule has 0 radical (unpaired) electrons. The predicted octanol–water partition coefficient (Wildman–Crippen LogP) is 3.14. The molecule has 0 amide bonds. The third kappa shape index (κ3) is 2.39. The fourth-order valence-corrected chi connectivity index (χ4v) is 3.58. The van der Waals surface area contributed by atoms with Gasteiger partial charge in [0.05, 0.1) is 16.2 Å². The zero-order valence-electron chi connectivity index (χ0n) is 11.4. The number of nitrogens with zero attached hydrogens (tertiary/aromatic N) is 1. The van der Waals surface area contributed by atoms with Gasteiger partial charge in [0.1, 0.15) is 10.6 Å². The highest BCUT2D eigenvalue weighted by atomic mass is 32.1. The molecule has 17 heavy (non-hydrogen) atoms. The SMILES string of the molecule is CCCNCc1nc2c(s1)C(C)(C)OC2(C)C. The molecule has 2 heterocycles. The Hall–Kier alpha value is -0.450. The molecule has 0 unspecified atom stereocenters. The number of nitrogens with one attached hydrogen (secondary N) is 1. The second-order valence-electron chi connectivity index (χ2n) is 5.58. The van der Waals surface area contributed by atoms with Crippen molar-refractivity contribution in [2.75, 3.05) is 6.54 Å². The molecule has 1 aromatic heterocycles. The topological polar surface area (TPSA) is 34.2 Å². The molecule has 1 aliphatic rings. The third-order valence-electron chi connectivity index (χ3n) is 3.00. The minimum Gasteiger partial charge on any atom is -0.358 e. The fraction of sp³-hybridized carbons (Fsp3) is 0.769. The number of fused-ring (bicyclic) bond motifs is 1. The number of aromatic nitrogens is 1. The van der Waals surface area contributed by atoms with Crippen molar-refractivity contribution < 1.29 is 4.74 Å². The molecule has 4 heteroatoms. The summed E-state index contributed by atoms with van der Waals surface area (Å²) in [6, 6.07) is 0. The van der Waals surface area contributed by atoms with Crippen molar-refractivity contribution >= 4 is 11.3 Å². The fourth-order valence-electron chi connectivity index (χ4n) is 2.36. The van der Waals surface area contributed by atoms with Crippen molar-refractivity contribution in [3.8, 4) is 0 Å². The lowest BCUT2D eigenvalue weighted by molar-refractivity contribution is -0.105. The van der Waals surface area contributed by atoms with Crippen LogP contribution in [0.1, 0.15) is 56.6 Å². The van der Waals surface area contributed by atoms with Crippen LogP contribution in [0.25, 0.3) is 0 Å². The smallest absolute Gasteiger partial charge is 0.107 e. The molecule has 1 aliphatic heterocycles. The van der Waals surface area contributed by atoms with Gasteiger partial charge in [0.2, 0.25) is 0 Å². The van der Waals surface area contributed by atoms with Gasteiger partial charge in [0.25, 0.3) is 0 Å². The summed E-state index contributed by atoms with van der Waals surface area (Å²) in [4.78, 5) is 6.03. The Labute approximate surface area is 108 Å². The first-order valence-corrected chi connectivity index (χ1v) is 7.10. The number of hydrogen-bond donors (Lipinski definition) is 1. The van der Waals surface area contributed by atoms with Crippen LogP contribution in [-0.4, -0.2) is 11.5 Å². The van der Waals surface area contributed by atoms with E-state index in [2.05, 4.69) is 39.9 Å². The summed E-state index contributed by atoms with van der Waals surface area (Å²) in [5, 5.41) is 4.58. The van der Waals surface area contributed by atoms with Gasteiger partial charge >= 0.3 is 0 Å². The minimum absolute atomic E-state index is 0.195. The number of thiazole rings is 1. The lowest BCUT2D eigenvalue weighted by Gasteiger charge is -2.24. The zero-order valence-corrected chi connectivity index (χ0v) is 12.2. The Morgan fingerprint density at radius 1 is 1.24 bits per heavy atom. The van der Waals surface area contributed by atoms with E-state index in [1.54, 1.807) is 11.3 Å². The molecular formula is C13H22N2OS. The molecule has 96 valence electrons. The summed E-state index contributed by atoms with van der Waals surface area (Å²) in [7, 11) is 0. The van der Waals surface area contributed by atoms with E-state index in [4.69, 9.17) is 9.72 Å². The molecule has 0 fully saturated rings. The first-order chi connectivity index (χ1) is 7.87. The van der Waals surface area contributed by atoms with Crippen LogP contribution in [-0.2, 0) is 22.5 Å². The second-order valence-corrected chi connectivity index (χ2v) is 6.67. The maximum absolute atomic E-state index is 6.05. The van der Waals surface area contributed by atoms with Crippen LogP contribution >= 0.6 is 11.3 Å². The summed E-state index contributed by atoms with van der Waals surface area (Å²) in [5.41, 5.74) is 0.679. The van der Waals surface area contributed by atoms with E-state index in [0.717, 1.165) is 25.2 Å². The zero-order chi connectivity index (χ0) is 12.7. The van der Waals surface area contributed by atoms with Crippen LogP contribution in [0.2, 0.25) is 0 Å². The minimum atomic E-state index is -0.252. The summed E-state index contributed by atoms with van der Waals surface area (Å²) >= 11 is 1.78. The van der Waals surface area contributed by atoms with Crippen molar-refractivity contribution in [2.24, 2.45) is 0 Å². The average molecular weight is 254 g/mol. The maximum Gasteiger partial charge on any atom is 0.107 e. The molecule has 0 bridgehead atoms. The average Bonchev–Trinajstić information content (AvgIpc) is 2.67. The van der Waals surface area contributed by atoms with Crippen LogP contribution in [0.15, 0.2) is 0 Å². The molecular weight excluding hydrogens is 232 g/mol. The van der Waals surface area contributed by atoms with Crippen LogP contribution in [0, 0.1) is 0 Å². The second kappa shape index (κ2) is 4.34. The normalized spacial score (nSPS) is 20.5. The molecule has 0 aliphatic carbocycles. The summed E-state index contributed by atoms with van der Waals surface area (Å²) in [6.45, 7) is 12.6. The van der Waals surface area contributed by atoms with Gasteiger partial charge in [0.15, 0.2) is 0 Å². The lowest BCUT2D eigenvalue weighted by Crippen LogP contribution is -2.23. The van der Waals surface area contributed by atoms with E-state index in [9.17, 15) is 0 Å². The van der Waals surface area contributed by atoms with Gasteiger partial charge in [-0.3, -0.25) is 0 Å². The molecule has 0 atom stereocenters. The Bertz CT molecular complexity index is 378. The Morgan fingerprint density at radius 3 is 2.53 bits per heavy atom. The summed E-state index contributed by atoms with van der Waals surface area (Å²) in [5.74, 6) is 0. The molecule has 1 aromatic rings. The van der Waals surface area contributed by atoms with Gasteiger partial charge in [-0.1, -0.05) is 6.92 Å². The maximum atomic E-state index is 6.05. The summed E-state index contributed by atoms with van der Waals surface area (Å²) in [6.07, 6.45) is 1.16. The van der Waals surface area contributed by atoms with Crippen molar-refractivity contribution in [1.29, 1.82) is 0 Å². The number of ether oxygens (including phenoxy) is 1. The Morgan fingerprint density at radius 2 is 1.94 bits per heavy atom. The van der Waals surface area contributed by atoms with E-state index in [-0.39, 0.29) is 11.2 Å². The Kier molecular flexibility index (Phi) is 3.31. The van der Waals surface area contributed by atoms with Gasteiger partial charge in [-0.15, -0.1) is 11.3 Å². The predicted molar refractivity (Wildman–Crippen MR) is 71.2 cm³/mol. The standard InChI is InChI=1S/C13H22N2OS/c1-6-7-14-8-9-15-10-11(17-9)13(4,5)16-12(10,2)3/h14H,6-8H2,1-5H3. The molecule has 0 spiro atoms. The first-order valence-electron chi connectivity index (χ1n) is 6.28. The highest BCUT2D eigenvalue weighted by molar-refractivity contribution is 7.12. The Balaban J connectivity index is 2.21. The van der Waals surface area contributed by atoms with Crippen LogP contribution in [0.3, 0.4) is 0 Å². The van der Waals surface area contributed by atoms with E-state index in [1.807, 2.05) is 0 Å². The number of hydrogen-bond acceptors (Lipinski definition) is 4. The van der Waals surface area contributed by atoms with Crippen LogP contribution in [0.5, 0.6) is 0 Å². The summed E-state index contributed by atoms with van der Waals surface area (Å²) < 4.78 is 6.05. The quantitative estimate of drug-likeness (QED) is 0.838. The third-order valence-corrected chi connectivity index (χ3v) is 4.36. The molecule has 3 nitrogen and oxygen atoms in total. The van der Waals surface area contributed by atoms with Crippen molar-refractivity contribution in [2.45, 2.75) is 58.8 Å². The van der Waals surface area contributed by atoms with E-state index >= 15 is 0 Å². The van der Waals surface area contributed by atoms with Crippen molar-refractivity contribution in [3.63, 3.8) is 0 Å². The monoisotopic (exact) mass is 254 g/mol. The lowest BCUT2D eigenvalue weighted by atomic mass is 10.0. The van der Waals surface area contributed by atoms with Gasteiger partial charge in [-0.2, -0.15) is 0 Å². The molecule has 0 saturated heterocycles. The molecule has 0 saturated carbocycles. The van der Waals surface area contributed by atoms with Gasteiger partial charge in [-0.05, 0) is 40.7 Å². The molecule has 1 N–H and O–H groups in total.